The van der Waals surface area contributed by atoms with Crippen LogP contribution in [-0.2, 0) is 6.54 Å². The number of nitrogens with one attached hydrogen (secondary N) is 1. The highest BCUT2D eigenvalue weighted by Gasteiger charge is 2.24. The van der Waals surface area contributed by atoms with Crippen LogP contribution in [-0.4, -0.2) is 34.7 Å². The van der Waals surface area contributed by atoms with Gasteiger partial charge >= 0.3 is 0 Å². The van der Waals surface area contributed by atoms with Crippen LogP contribution >= 0.6 is 0 Å². The summed E-state index contributed by atoms with van der Waals surface area (Å²) in [5.41, 5.74) is 12.1. The number of benzene rings is 3. The Kier molecular flexibility index (Phi) is 5.70. The summed E-state index contributed by atoms with van der Waals surface area (Å²) in [6.07, 6.45) is 0. The molecule has 0 bridgehead atoms. The van der Waals surface area contributed by atoms with Gasteiger partial charge in [-0.2, -0.15) is 0 Å². The minimum Gasteiger partial charge on any atom is -0.493 e. The van der Waals surface area contributed by atoms with E-state index in [1.807, 2.05) is 67.6 Å². The molecule has 0 spiro atoms. The molecule has 0 aliphatic rings. The number of nitrogens with two attached hydrogens (primary N) is 1. The number of para-hydroxylation sites is 2. The summed E-state index contributed by atoms with van der Waals surface area (Å²) >= 11 is 0. The number of carbonyl (C=O) groups excluding carboxylic acids is 1. The number of nitrogens with zero attached hydrogens (tertiary/aromatic N) is 3. The Morgan fingerprint density at radius 2 is 1.63 bits per heavy atom. The Balaban J connectivity index is 1.58. The lowest BCUT2D eigenvalue weighted by atomic mass is 10.2. The largest absolute Gasteiger partial charge is 0.493 e. The smallest absolute Gasteiger partial charge is 0.257 e. The van der Waals surface area contributed by atoms with E-state index in [0.29, 0.717) is 33.7 Å². The third-order valence-electron chi connectivity index (χ3n) is 5.92. The quantitative estimate of drug-likeness (QED) is 0.383. The number of fused-ring (bicyclic) bond motifs is 2. The maximum absolute atomic E-state index is 13.4. The number of ether oxygens (including phenoxy) is 2. The van der Waals surface area contributed by atoms with Crippen molar-refractivity contribution in [3.05, 3.63) is 83.4 Å². The van der Waals surface area contributed by atoms with E-state index in [4.69, 9.17) is 25.2 Å². The first kappa shape index (κ1) is 22.2. The molecule has 0 aliphatic carbocycles. The average molecular weight is 468 g/mol. The van der Waals surface area contributed by atoms with Crippen molar-refractivity contribution in [3.63, 3.8) is 0 Å². The van der Waals surface area contributed by atoms with Crippen LogP contribution in [0.1, 0.15) is 21.5 Å². The number of hydrogen-bond donors (Lipinski definition) is 2. The highest BCUT2D eigenvalue weighted by molar-refractivity contribution is 6.11. The highest BCUT2D eigenvalue weighted by Crippen LogP contribution is 2.31. The summed E-state index contributed by atoms with van der Waals surface area (Å²) in [6, 6.07) is 20.9. The lowest BCUT2D eigenvalue weighted by Gasteiger charge is -2.11. The van der Waals surface area contributed by atoms with Crippen molar-refractivity contribution in [2.24, 2.45) is 0 Å². The van der Waals surface area contributed by atoms with Gasteiger partial charge < -0.3 is 20.5 Å². The van der Waals surface area contributed by atoms with Crippen LogP contribution < -0.4 is 20.5 Å². The predicted molar refractivity (Wildman–Crippen MR) is 136 cm³/mol. The molecule has 8 heteroatoms. The molecule has 0 fully saturated rings. The summed E-state index contributed by atoms with van der Waals surface area (Å²) < 4.78 is 12.4. The van der Waals surface area contributed by atoms with E-state index < -0.39 is 0 Å². The van der Waals surface area contributed by atoms with Crippen LogP contribution in [0, 0.1) is 6.92 Å². The van der Waals surface area contributed by atoms with Crippen molar-refractivity contribution >= 4 is 33.9 Å². The van der Waals surface area contributed by atoms with Crippen LogP contribution in [0.5, 0.6) is 11.5 Å². The predicted octanol–water partition coefficient (Wildman–Crippen LogP) is 4.41. The van der Waals surface area contributed by atoms with Crippen LogP contribution in [0.15, 0.2) is 66.7 Å². The van der Waals surface area contributed by atoms with E-state index in [9.17, 15) is 4.79 Å². The molecule has 0 atom stereocenters. The minimum absolute atomic E-state index is 0.275. The zero-order valence-corrected chi connectivity index (χ0v) is 19.7. The SMILES string of the molecule is COc1ccc(CNC(=O)c2c(N)n(-c3ccc(C)cc3)c3nc4ccccc4nc23)cc1OC. The summed E-state index contributed by atoms with van der Waals surface area (Å²) in [7, 11) is 3.15. The lowest BCUT2D eigenvalue weighted by Crippen LogP contribution is -2.24. The minimum atomic E-state index is -0.335. The van der Waals surface area contributed by atoms with Crippen molar-refractivity contribution < 1.29 is 14.3 Å². The Hall–Kier alpha value is -4.59. The highest BCUT2D eigenvalue weighted by atomic mass is 16.5. The number of rotatable bonds is 6. The summed E-state index contributed by atoms with van der Waals surface area (Å²) in [4.78, 5) is 23.0. The molecule has 0 aliphatic heterocycles. The molecular formula is C27H25N5O3. The Labute approximate surface area is 202 Å². The van der Waals surface area contributed by atoms with E-state index in [-0.39, 0.29) is 18.3 Å². The molecule has 0 radical (unpaired) electrons. The first-order valence-electron chi connectivity index (χ1n) is 11.1. The average Bonchev–Trinajstić information content (AvgIpc) is 3.16. The molecular weight excluding hydrogens is 442 g/mol. The Morgan fingerprint density at radius 1 is 0.943 bits per heavy atom. The topological polar surface area (TPSA) is 104 Å². The van der Waals surface area contributed by atoms with Gasteiger partial charge in [0.15, 0.2) is 17.1 Å². The number of aryl methyl sites for hydroxylation is 1. The van der Waals surface area contributed by atoms with Gasteiger partial charge in [0.25, 0.3) is 5.91 Å². The molecule has 0 unspecified atom stereocenters. The molecule has 35 heavy (non-hydrogen) atoms. The second-order valence-corrected chi connectivity index (χ2v) is 8.19. The normalized spacial score (nSPS) is 11.1. The molecule has 1 amide bonds. The van der Waals surface area contributed by atoms with Gasteiger partial charge in [0.1, 0.15) is 16.9 Å². The van der Waals surface area contributed by atoms with Crippen molar-refractivity contribution in [3.8, 4) is 17.2 Å². The fourth-order valence-electron chi connectivity index (χ4n) is 4.10. The number of aromatic nitrogens is 3. The van der Waals surface area contributed by atoms with Crippen LogP contribution in [0.2, 0.25) is 0 Å². The maximum Gasteiger partial charge on any atom is 0.257 e. The molecule has 5 rings (SSSR count). The monoisotopic (exact) mass is 467 g/mol. The third-order valence-corrected chi connectivity index (χ3v) is 5.92. The standard InChI is InChI=1S/C27H25N5O3/c1-16-8-11-18(12-9-16)32-25(28)23(24-26(32)31-20-7-5-4-6-19(20)30-24)27(33)29-15-17-10-13-21(34-2)22(14-17)35-3/h4-14H,15,28H2,1-3H3,(H,29,33). The number of methoxy groups -OCH3 is 2. The van der Waals surface area contributed by atoms with Crippen molar-refractivity contribution in [1.82, 2.24) is 19.9 Å². The molecule has 5 aromatic rings. The first-order valence-corrected chi connectivity index (χ1v) is 11.1. The second kappa shape index (κ2) is 8.98. The van der Waals surface area contributed by atoms with Gasteiger partial charge in [-0.25, -0.2) is 9.97 Å². The third kappa shape index (κ3) is 3.99. The number of nitrogen functional groups attached to an aromatic ring is 1. The molecule has 2 heterocycles. The van der Waals surface area contributed by atoms with Gasteiger partial charge in [0.05, 0.1) is 25.3 Å². The fraction of sp³-hybridized carbons (Fsp3) is 0.148. The number of anilines is 1. The van der Waals surface area contributed by atoms with Crippen LogP contribution in [0.3, 0.4) is 0 Å². The van der Waals surface area contributed by atoms with Gasteiger partial charge in [-0.3, -0.25) is 9.36 Å². The fourth-order valence-corrected chi connectivity index (χ4v) is 4.10. The Bertz CT molecular complexity index is 1560. The van der Waals surface area contributed by atoms with E-state index in [2.05, 4.69) is 5.32 Å². The molecule has 176 valence electrons. The molecule has 3 aromatic carbocycles. The van der Waals surface area contributed by atoms with E-state index in [1.54, 1.807) is 24.9 Å². The van der Waals surface area contributed by atoms with Crippen molar-refractivity contribution in [2.75, 3.05) is 20.0 Å². The van der Waals surface area contributed by atoms with Gasteiger partial charge in [-0.1, -0.05) is 35.9 Å². The number of hydrogen-bond acceptors (Lipinski definition) is 6. The van der Waals surface area contributed by atoms with Gasteiger partial charge in [-0.15, -0.1) is 0 Å². The van der Waals surface area contributed by atoms with Crippen molar-refractivity contribution in [2.45, 2.75) is 13.5 Å². The van der Waals surface area contributed by atoms with E-state index in [0.717, 1.165) is 22.3 Å². The maximum atomic E-state index is 13.4. The molecule has 8 nitrogen and oxygen atoms in total. The zero-order chi connectivity index (χ0) is 24.5. The zero-order valence-electron chi connectivity index (χ0n) is 19.7. The molecule has 0 saturated heterocycles. The lowest BCUT2D eigenvalue weighted by molar-refractivity contribution is 0.0953. The number of amides is 1. The second-order valence-electron chi connectivity index (χ2n) is 8.19. The first-order chi connectivity index (χ1) is 17.0. The van der Waals surface area contributed by atoms with Crippen LogP contribution in [0.4, 0.5) is 5.82 Å². The summed E-state index contributed by atoms with van der Waals surface area (Å²) in [5.74, 6) is 1.16. The molecule has 3 N–H and O–H groups in total. The summed E-state index contributed by atoms with van der Waals surface area (Å²) in [5, 5.41) is 2.96. The van der Waals surface area contributed by atoms with Gasteiger partial charge in [0.2, 0.25) is 0 Å². The molecule has 2 aromatic heterocycles. The van der Waals surface area contributed by atoms with E-state index >= 15 is 0 Å². The van der Waals surface area contributed by atoms with Gasteiger partial charge in [-0.05, 0) is 48.9 Å². The van der Waals surface area contributed by atoms with E-state index in [1.165, 1.54) is 0 Å². The van der Waals surface area contributed by atoms with Crippen molar-refractivity contribution in [1.29, 1.82) is 0 Å². The summed E-state index contributed by atoms with van der Waals surface area (Å²) in [6.45, 7) is 2.29. The van der Waals surface area contributed by atoms with Gasteiger partial charge in [0, 0.05) is 12.2 Å². The number of carbonyl (C=O) groups is 1. The van der Waals surface area contributed by atoms with Crippen LogP contribution in [0.25, 0.3) is 27.9 Å². The Morgan fingerprint density at radius 3 is 2.31 bits per heavy atom. The molecule has 0 saturated carbocycles.